The van der Waals surface area contributed by atoms with Crippen molar-refractivity contribution in [3.05, 3.63) is 38.8 Å². The monoisotopic (exact) mass is 463 g/mol. The lowest BCUT2D eigenvalue weighted by Crippen LogP contribution is -2.40. The molecule has 1 aromatic heterocycles. The van der Waals surface area contributed by atoms with Crippen molar-refractivity contribution in [2.45, 2.75) is 11.8 Å². The predicted molar refractivity (Wildman–Crippen MR) is 106 cm³/mol. The zero-order valence-corrected chi connectivity index (χ0v) is 17.7. The molecule has 1 aromatic carbocycles. The fourth-order valence-corrected chi connectivity index (χ4v) is 5.47. The van der Waals surface area contributed by atoms with Gasteiger partial charge in [-0.25, -0.2) is 13.4 Å². The molecule has 28 heavy (non-hydrogen) atoms. The number of nitrogens with one attached hydrogen (secondary N) is 1. The van der Waals surface area contributed by atoms with Gasteiger partial charge in [-0.3, -0.25) is 14.9 Å². The molecule has 1 fully saturated rings. The molecular formula is C16H15Cl2N3O5S2. The maximum Gasteiger partial charge on any atom is 0.259 e. The van der Waals surface area contributed by atoms with Crippen LogP contribution < -0.4 is 5.32 Å². The summed E-state index contributed by atoms with van der Waals surface area (Å²) in [5.41, 5.74) is 0.149. The van der Waals surface area contributed by atoms with Crippen molar-refractivity contribution in [2.75, 3.05) is 31.6 Å². The second kappa shape index (κ2) is 8.44. The Labute approximate surface area is 175 Å². The minimum absolute atomic E-state index is 0.00762. The fraction of sp³-hybridized carbons (Fsp3) is 0.312. The lowest BCUT2D eigenvalue weighted by Gasteiger charge is -2.26. The van der Waals surface area contributed by atoms with Crippen LogP contribution in [0.15, 0.2) is 22.4 Å². The van der Waals surface area contributed by atoms with E-state index in [-0.39, 0.29) is 63.4 Å². The van der Waals surface area contributed by atoms with Gasteiger partial charge in [0.1, 0.15) is 10.6 Å². The number of halogens is 2. The molecule has 2 heterocycles. The number of nitrogens with zero attached hydrogens (tertiary/aromatic N) is 2. The zero-order chi connectivity index (χ0) is 20.5. The summed E-state index contributed by atoms with van der Waals surface area (Å²) in [7, 11) is -3.92. The largest absolute Gasteiger partial charge is 0.379 e. The lowest BCUT2D eigenvalue weighted by molar-refractivity contribution is 0.0730. The van der Waals surface area contributed by atoms with E-state index in [4.69, 9.17) is 27.9 Å². The van der Waals surface area contributed by atoms with Crippen LogP contribution in [0.2, 0.25) is 10.0 Å². The molecule has 0 atom stereocenters. The number of benzene rings is 1. The van der Waals surface area contributed by atoms with Crippen LogP contribution in [0, 0.1) is 0 Å². The van der Waals surface area contributed by atoms with Crippen molar-refractivity contribution >= 4 is 61.4 Å². The van der Waals surface area contributed by atoms with Crippen LogP contribution in [0.4, 0.5) is 5.13 Å². The maximum absolute atomic E-state index is 12.9. The van der Waals surface area contributed by atoms with Crippen LogP contribution in [0.3, 0.4) is 0 Å². The highest BCUT2D eigenvalue weighted by Gasteiger charge is 2.30. The van der Waals surface area contributed by atoms with E-state index in [1.165, 1.54) is 22.7 Å². The van der Waals surface area contributed by atoms with Gasteiger partial charge in [0.15, 0.2) is 10.9 Å². The summed E-state index contributed by atoms with van der Waals surface area (Å²) in [5, 5.41) is 4.13. The van der Waals surface area contributed by atoms with Crippen LogP contribution in [0.25, 0.3) is 0 Å². The van der Waals surface area contributed by atoms with E-state index >= 15 is 0 Å². The SMILES string of the molecule is CC(=O)c1csc(NC(=O)c2cc(S(=O)(=O)N3CCOCC3)c(Cl)cc2Cl)n1. The molecule has 1 aliphatic rings. The Balaban J connectivity index is 1.92. The number of carbonyl (C=O) groups excluding carboxylic acids is 2. The first-order valence-electron chi connectivity index (χ1n) is 8.05. The number of aromatic nitrogens is 1. The highest BCUT2D eigenvalue weighted by atomic mass is 35.5. The second-order valence-electron chi connectivity index (χ2n) is 5.83. The summed E-state index contributed by atoms with van der Waals surface area (Å²) < 4.78 is 32.2. The van der Waals surface area contributed by atoms with Crippen LogP contribution in [0.5, 0.6) is 0 Å². The topological polar surface area (TPSA) is 106 Å². The van der Waals surface area contributed by atoms with Crippen molar-refractivity contribution < 1.29 is 22.7 Å². The van der Waals surface area contributed by atoms with Crippen LogP contribution >= 0.6 is 34.5 Å². The number of anilines is 1. The third-order valence-electron chi connectivity index (χ3n) is 3.94. The van der Waals surface area contributed by atoms with E-state index in [9.17, 15) is 18.0 Å². The van der Waals surface area contributed by atoms with Gasteiger partial charge in [-0.1, -0.05) is 23.2 Å². The van der Waals surface area contributed by atoms with Gasteiger partial charge in [-0.05, 0) is 12.1 Å². The number of morpholine rings is 1. The number of hydrogen-bond acceptors (Lipinski definition) is 7. The molecule has 1 N–H and O–H groups in total. The summed E-state index contributed by atoms with van der Waals surface area (Å²) in [5.74, 6) is -0.898. The molecule has 1 saturated heterocycles. The van der Waals surface area contributed by atoms with Crippen molar-refractivity contribution in [2.24, 2.45) is 0 Å². The van der Waals surface area contributed by atoms with Gasteiger partial charge in [0, 0.05) is 25.4 Å². The van der Waals surface area contributed by atoms with E-state index in [0.29, 0.717) is 0 Å². The van der Waals surface area contributed by atoms with E-state index < -0.39 is 15.9 Å². The molecule has 0 spiro atoms. The molecule has 0 aliphatic carbocycles. The normalized spacial score (nSPS) is 15.4. The Kier molecular flexibility index (Phi) is 6.37. The number of thiazole rings is 1. The third-order valence-corrected chi connectivity index (χ3v) is 7.37. The first-order valence-corrected chi connectivity index (χ1v) is 11.1. The number of sulfonamides is 1. The summed E-state index contributed by atoms with van der Waals surface area (Å²) in [4.78, 5) is 27.7. The van der Waals surface area contributed by atoms with Crippen LogP contribution in [-0.4, -0.2) is 55.7 Å². The van der Waals surface area contributed by atoms with Gasteiger partial charge >= 0.3 is 0 Å². The molecule has 1 amide bonds. The molecule has 0 unspecified atom stereocenters. The zero-order valence-electron chi connectivity index (χ0n) is 14.6. The molecule has 2 aromatic rings. The maximum atomic E-state index is 12.9. The Morgan fingerprint density at radius 1 is 1.21 bits per heavy atom. The smallest absolute Gasteiger partial charge is 0.259 e. The standard InChI is InChI=1S/C16H15Cl2N3O5S2/c1-9(22)13-8-27-16(19-13)20-15(23)10-6-14(12(18)7-11(10)17)28(24,25)21-2-4-26-5-3-21/h6-8H,2-5H2,1H3,(H,19,20,23). The Bertz CT molecular complexity index is 1030. The van der Waals surface area contributed by atoms with Gasteiger partial charge in [-0.15, -0.1) is 11.3 Å². The number of amides is 1. The summed E-state index contributed by atoms with van der Waals surface area (Å²) in [6, 6.07) is 2.36. The van der Waals surface area contributed by atoms with E-state index in [2.05, 4.69) is 10.3 Å². The summed E-state index contributed by atoms with van der Waals surface area (Å²) >= 11 is 13.3. The molecule has 150 valence electrons. The molecule has 0 bridgehead atoms. The Morgan fingerprint density at radius 3 is 2.50 bits per heavy atom. The second-order valence-corrected chi connectivity index (χ2v) is 9.41. The Morgan fingerprint density at radius 2 is 1.89 bits per heavy atom. The molecule has 0 saturated carbocycles. The number of hydrogen-bond donors (Lipinski definition) is 1. The molecule has 8 nitrogen and oxygen atoms in total. The fourth-order valence-electron chi connectivity index (χ4n) is 2.48. The number of ether oxygens (including phenoxy) is 1. The van der Waals surface area contributed by atoms with Crippen molar-refractivity contribution in [1.82, 2.24) is 9.29 Å². The van der Waals surface area contributed by atoms with Crippen molar-refractivity contribution in [3.63, 3.8) is 0 Å². The first kappa shape index (κ1) is 21.2. The molecule has 3 rings (SSSR count). The van der Waals surface area contributed by atoms with Crippen molar-refractivity contribution in [3.8, 4) is 0 Å². The number of ketones is 1. The lowest BCUT2D eigenvalue weighted by atomic mass is 10.2. The molecule has 1 aliphatic heterocycles. The first-order chi connectivity index (χ1) is 13.2. The quantitative estimate of drug-likeness (QED) is 0.683. The van der Waals surface area contributed by atoms with Crippen LogP contribution in [-0.2, 0) is 14.8 Å². The Hall–Kier alpha value is -1.56. The van der Waals surface area contributed by atoms with E-state index in [1.54, 1.807) is 0 Å². The van der Waals surface area contributed by atoms with Gasteiger partial charge in [0.05, 0.1) is 28.8 Å². The van der Waals surface area contributed by atoms with Crippen molar-refractivity contribution in [1.29, 1.82) is 0 Å². The highest BCUT2D eigenvalue weighted by molar-refractivity contribution is 7.89. The molecule has 12 heteroatoms. The number of Topliss-reactive ketones (excluding diaryl/α,β-unsaturated/α-hetero) is 1. The summed E-state index contributed by atoms with van der Waals surface area (Å²) in [6.45, 7) is 2.30. The third kappa shape index (κ3) is 4.37. The average molecular weight is 464 g/mol. The predicted octanol–water partition coefficient (Wildman–Crippen LogP) is 2.93. The van der Waals surface area contributed by atoms with Gasteiger partial charge < -0.3 is 4.74 Å². The molecular weight excluding hydrogens is 449 g/mol. The number of carbonyl (C=O) groups is 2. The highest BCUT2D eigenvalue weighted by Crippen LogP contribution is 2.31. The van der Waals surface area contributed by atoms with Crippen LogP contribution in [0.1, 0.15) is 27.8 Å². The van der Waals surface area contributed by atoms with Gasteiger partial charge in [0.25, 0.3) is 5.91 Å². The van der Waals surface area contributed by atoms with Gasteiger partial charge in [0.2, 0.25) is 10.0 Å². The van der Waals surface area contributed by atoms with E-state index in [0.717, 1.165) is 17.4 Å². The molecule has 0 radical (unpaired) electrons. The average Bonchev–Trinajstić information content (AvgIpc) is 3.11. The van der Waals surface area contributed by atoms with Gasteiger partial charge in [-0.2, -0.15) is 4.31 Å². The minimum Gasteiger partial charge on any atom is -0.379 e. The minimum atomic E-state index is -3.92. The number of rotatable bonds is 5. The summed E-state index contributed by atoms with van der Waals surface area (Å²) in [6.07, 6.45) is 0. The van der Waals surface area contributed by atoms with E-state index in [1.807, 2.05) is 0 Å².